The summed E-state index contributed by atoms with van der Waals surface area (Å²) in [4.78, 5) is 33.4. The molecule has 2 N–H and O–H groups in total. The summed E-state index contributed by atoms with van der Waals surface area (Å²) in [7, 11) is 0. The molecule has 1 aromatic carbocycles. The van der Waals surface area contributed by atoms with Crippen LogP contribution in [0.3, 0.4) is 0 Å². The number of carbonyl (C=O) groups is 1. The van der Waals surface area contributed by atoms with E-state index in [1.54, 1.807) is 0 Å². The van der Waals surface area contributed by atoms with Crippen LogP contribution in [0.15, 0.2) is 18.2 Å². The molecular weight excluding hydrogens is 475 g/mol. The van der Waals surface area contributed by atoms with E-state index < -0.39 is 27.2 Å². The number of carboxylic acid groups (broad SMARTS) is 1. The molecule has 0 aliphatic heterocycles. The zero-order valence-electron chi connectivity index (χ0n) is 17.4. The Balaban J connectivity index is 1.90. The van der Waals surface area contributed by atoms with E-state index in [-0.39, 0.29) is 25.9 Å². The average molecular weight is 499 g/mol. The van der Waals surface area contributed by atoms with Crippen molar-refractivity contribution in [1.82, 2.24) is 15.1 Å². The van der Waals surface area contributed by atoms with E-state index in [2.05, 4.69) is 15.5 Å². The molecule has 0 aliphatic carbocycles. The molecule has 12 nitrogen and oxygen atoms in total. The zero-order chi connectivity index (χ0) is 23.2. The van der Waals surface area contributed by atoms with E-state index in [1.165, 1.54) is 17.0 Å². The van der Waals surface area contributed by atoms with Crippen LogP contribution in [0.4, 0.5) is 26.5 Å². The van der Waals surface area contributed by atoms with Gasteiger partial charge in [-0.25, -0.2) is 0 Å². The van der Waals surface area contributed by atoms with E-state index in [1.807, 2.05) is 20.8 Å². The molecule has 0 saturated heterocycles. The number of anilines is 2. The van der Waals surface area contributed by atoms with Crippen LogP contribution >= 0.6 is 0 Å². The zero-order valence-corrected chi connectivity index (χ0v) is 19.1. The number of unbranched alkanes of at least 4 members (excludes halogenated alkanes) is 2. The van der Waals surface area contributed by atoms with Crippen molar-refractivity contribution in [2.75, 3.05) is 11.9 Å². The number of nitro groups is 2. The molecule has 2 rings (SSSR count). The molecular formula is C18H24N6O6Se. The van der Waals surface area contributed by atoms with Crippen LogP contribution in [0, 0.1) is 20.2 Å². The summed E-state index contributed by atoms with van der Waals surface area (Å²) in [6.45, 7) is 6.04. The summed E-state index contributed by atoms with van der Waals surface area (Å²) in [5.41, 5.74) is -1.08. The van der Waals surface area contributed by atoms with Crippen molar-refractivity contribution in [3.05, 3.63) is 43.0 Å². The summed E-state index contributed by atoms with van der Waals surface area (Å²) in [6.07, 6.45) is 2.19. The molecule has 0 unspecified atom stereocenters. The third-order valence-corrected chi connectivity index (χ3v) is 6.30. The molecule has 2 aromatic rings. The molecule has 0 radical (unpaired) electrons. The number of aromatic nitrogens is 2. The quantitative estimate of drug-likeness (QED) is 0.215. The van der Waals surface area contributed by atoms with Gasteiger partial charge in [0.25, 0.3) is 0 Å². The number of hydrogen-bond acceptors (Lipinski definition) is 8. The second-order valence-corrected chi connectivity index (χ2v) is 9.99. The normalized spacial score (nSPS) is 11.2. The van der Waals surface area contributed by atoms with Gasteiger partial charge in [-0.3, -0.25) is 0 Å². The molecule has 0 bridgehead atoms. The number of amides is 1. The van der Waals surface area contributed by atoms with Crippen molar-refractivity contribution >= 4 is 42.4 Å². The third kappa shape index (κ3) is 7.00. The van der Waals surface area contributed by atoms with Gasteiger partial charge in [0, 0.05) is 0 Å². The molecule has 0 saturated carbocycles. The van der Waals surface area contributed by atoms with E-state index in [0.717, 1.165) is 29.9 Å². The first kappa shape index (κ1) is 24.2. The van der Waals surface area contributed by atoms with E-state index >= 15 is 0 Å². The van der Waals surface area contributed by atoms with Crippen LogP contribution in [0.25, 0.3) is 0 Å². The fourth-order valence-electron chi connectivity index (χ4n) is 2.85. The van der Waals surface area contributed by atoms with Crippen LogP contribution in [-0.4, -0.2) is 62.7 Å². The first-order valence-electron chi connectivity index (χ1n) is 9.52. The third-order valence-electron chi connectivity index (χ3n) is 4.41. The molecule has 13 heteroatoms. The minimum absolute atomic E-state index is 0.128. The fourth-order valence-corrected chi connectivity index (χ4v) is 4.52. The molecule has 1 heterocycles. The second kappa shape index (κ2) is 10.3. The van der Waals surface area contributed by atoms with Gasteiger partial charge in [0.2, 0.25) is 0 Å². The van der Waals surface area contributed by atoms with Crippen molar-refractivity contribution in [2.45, 2.75) is 52.0 Å². The van der Waals surface area contributed by atoms with Crippen LogP contribution in [0.1, 0.15) is 44.6 Å². The molecule has 0 fully saturated rings. The molecule has 0 spiro atoms. The van der Waals surface area contributed by atoms with Gasteiger partial charge >= 0.3 is 184 Å². The number of nitrogens with one attached hydrogen (secondary N) is 1. The summed E-state index contributed by atoms with van der Waals surface area (Å²) in [5.74, 6) is 0. The fraction of sp³-hybridized carbons (Fsp3) is 0.500. The van der Waals surface area contributed by atoms with Crippen LogP contribution in [0.2, 0.25) is 0 Å². The monoisotopic (exact) mass is 500 g/mol. The van der Waals surface area contributed by atoms with Crippen molar-refractivity contribution in [2.24, 2.45) is 0 Å². The topological polar surface area (TPSA) is 165 Å². The maximum absolute atomic E-state index is 11.3. The Hall–Kier alpha value is -3.05. The van der Waals surface area contributed by atoms with Crippen molar-refractivity contribution in [3.63, 3.8) is 0 Å². The summed E-state index contributed by atoms with van der Waals surface area (Å²) >= 11 is -0.228. The predicted molar refractivity (Wildman–Crippen MR) is 114 cm³/mol. The maximum atomic E-state index is 11.3. The first-order chi connectivity index (χ1) is 14.5. The van der Waals surface area contributed by atoms with E-state index in [0.29, 0.717) is 17.7 Å². The Morgan fingerprint density at radius 1 is 1.16 bits per heavy atom. The number of rotatable bonds is 10. The molecule has 1 aromatic heterocycles. The Kier molecular flexibility index (Phi) is 8.06. The number of nitrogens with zero attached hydrogens (tertiary/aromatic N) is 5. The van der Waals surface area contributed by atoms with Crippen LogP contribution in [-0.2, 0) is 6.42 Å². The SMILES string of the molecule is CC(C)(C)N(CCCCCc1nnc(Nc2ccc([N+](=O)[O-])cc2[N+](=O)[O-])[se]1)C(=O)O. The molecule has 0 aliphatic rings. The Morgan fingerprint density at radius 3 is 2.45 bits per heavy atom. The van der Waals surface area contributed by atoms with Crippen molar-refractivity contribution < 1.29 is 19.7 Å². The Morgan fingerprint density at radius 2 is 1.87 bits per heavy atom. The summed E-state index contributed by atoms with van der Waals surface area (Å²) in [6, 6.07) is 3.39. The standard InChI is InChI=1S/C18H24N6O6Se/c1-18(2,3)22(17(25)26)10-6-4-5-7-15-20-21-16(31-15)19-13-9-8-12(23(27)28)11-14(13)24(29)30/h8-9,11H,4-7,10H2,1-3H3,(H,19,21)(H,25,26). The van der Waals surface area contributed by atoms with Gasteiger partial charge in [-0.05, 0) is 0 Å². The first-order valence-corrected chi connectivity index (χ1v) is 11.2. The van der Waals surface area contributed by atoms with Gasteiger partial charge in [0.15, 0.2) is 0 Å². The van der Waals surface area contributed by atoms with Crippen molar-refractivity contribution in [1.29, 1.82) is 0 Å². The van der Waals surface area contributed by atoms with Crippen LogP contribution < -0.4 is 5.32 Å². The van der Waals surface area contributed by atoms with Crippen LogP contribution in [0.5, 0.6) is 0 Å². The van der Waals surface area contributed by atoms with Gasteiger partial charge < -0.3 is 0 Å². The van der Waals surface area contributed by atoms with Gasteiger partial charge in [0.1, 0.15) is 0 Å². The molecule has 1 amide bonds. The van der Waals surface area contributed by atoms with Gasteiger partial charge in [-0.15, -0.1) is 0 Å². The number of benzene rings is 1. The summed E-state index contributed by atoms with van der Waals surface area (Å²) in [5, 5.41) is 42.4. The molecule has 168 valence electrons. The van der Waals surface area contributed by atoms with Gasteiger partial charge in [0.05, 0.1) is 0 Å². The minimum atomic E-state index is -0.930. The predicted octanol–water partition coefficient (Wildman–Crippen LogP) is 3.58. The Labute approximate surface area is 184 Å². The number of non-ortho nitro benzene ring substituents is 1. The van der Waals surface area contributed by atoms with Gasteiger partial charge in [-0.1, -0.05) is 0 Å². The number of nitro benzene ring substituents is 2. The second-order valence-electron chi connectivity index (χ2n) is 7.76. The molecule has 31 heavy (non-hydrogen) atoms. The number of aryl methyl sites for hydroxylation is 1. The number of hydrogen-bond donors (Lipinski definition) is 2. The average Bonchev–Trinajstić information content (AvgIpc) is 3.10. The van der Waals surface area contributed by atoms with Crippen molar-refractivity contribution in [3.8, 4) is 0 Å². The summed E-state index contributed by atoms with van der Waals surface area (Å²) < 4.78 is 1.37. The van der Waals surface area contributed by atoms with Gasteiger partial charge in [-0.2, -0.15) is 0 Å². The molecule has 0 atom stereocenters. The Bertz CT molecular complexity index is 957. The van der Waals surface area contributed by atoms with E-state index in [4.69, 9.17) is 0 Å². The van der Waals surface area contributed by atoms with E-state index in [9.17, 15) is 30.1 Å².